The van der Waals surface area contributed by atoms with Crippen LogP contribution in [0.2, 0.25) is 0 Å². The largest absolute Gasteiger partial charge is 0.366 e. The third-order valence-corrected chi connectivity index (χ3v) is 6.07. The molecule has 4 rings (SSSR count). The highest BCUT2D eigenvalue weighted by molar-refractivity contribution is 5.94. The average Bonchev–Trinajstić information content (AvgIpc) is 3.38. The minimum Gasteiger partial charge on any atom is -0.366 e. The molecule has 6 nitrogen and oxygen atoms in total. The zero-order valence-corrected chi connectivity index (χ0v) is 16.4. The lowest BCUT2D eigenvalue weighted by Gasteiger charge is -2.23. The van der Waals surface area contributed by atoms with E-state index in [0.29, 0.717) is 34.2 Å². The van der Waals surface area contributed by atoms with Crippen molar-refractivity contribution in [2.45, 2.75) is 43.8 Å². The number of hydrogen-bond donors (Lipinski definition) is 3. The van der Waals surface area contributed by atoms with Crippen molar-refractivity contribution in [3.63, 3.8) is 0 Å². The number of fused-ring (bicyclic) bond motifs is 2. The van der Waals surface area contributed by atoms with Crippen molar-refractivity contribution in [2.24, 2.45) is 11.7 Å². The standard InChI is InChI=1S/C23H23FN4O2/c24-20-11-14(13-2-1-3-17(8-13)22(26)29)4-5-15(20)9-19(12-25)28-23(30)21-16-6-7-18(10-16)27-21/h1-5,8,11,16,18-19,21,27H,6-7,9-10H2,(H2,26,29)(H,28,30). The summed E-state index contributed by atoms with van der Waals surface area (Å²) < 4.78 is 14.7. The lowest BCUT2D eigenvalue weighted by molar-refractivity contribution is -0.124. The van der Waals surface area contributed by atoms with Gasteiger partial charge in [-0.3, -0.25) is 9.59 Å². The molecular weight excluding hydrogens is 383 g/mol. The first kappa shape index (κ1) is 20.0. The lowest BCUT2D eigenvalue weighted by atomic mass is 9.97. The van der Waals surface area contributed by atoms with Gasteiger partial charge >= 0.3 is 0 Å². The number of hydrogen-bond acceptors (Lipinski definition) is 4. The smallest absolute Gasteiger partial charge is 0.248 e. The molecule has 2 aliphatic rings. The van der Waals surface area contributed by atoms with Crippen LogP contribution in [0, 0.1) is 23.1 Å². The van der Waals surface area contributed by atoms with Crippen molar-refractivity contribution in [1.82, 2.24) is 10.6 Å². The molecule has 1 aliphatic carbocycles. The van der Waals surface area contributed by atoms with E-state index >= 15 is 0 Å². The van der Waals surface area contributed by atoms with Crippen LogP contribution >= 0.6 is 0 Å². The fourth-order valence-corrected chi connectivity index (χ4v) is 4.51. The third kappa shape index (κ3) is 4.05. The van der Waals surface area contributed by atoms with E-state index < -0.39 is 17.8 Å². The maximum absolute atomic E-state index is 14.7. The molecule has 2 aromatic carbocycles. The fraction of sp³-hybridized carbons (Fsp3) is 0.348. The van der Waals surface area contributed by atoms with Crippen molar-refractivity contribution >= 4 is 11.8 Å². The number of halogens is 1. The van der Waals surface area contributed by atoms with Gasteiger partial charge in [-0.2, -0.15) is 5.26 Å². The van der Waals surface area contributed by atoms with Gasteiger partial charge in [-0.05, 0) is 60.1 Å². The fourth-order valence-electron chi connectivity index (χ4n) is 4.51. The molecule has 2 bridgehead atoms. The molecule has 4 N–H and O–H groups in total. The van der Waals surface area contributed by atoms with Gasteiger partial charge in [0.05, 0.1) is 12.1 Å². The van der Waals surface area contributed by atoms with Crippen LogP contribution in [0.25, 0.3) is 11.1 Å². The van der Waals surface area contributed by atoms with E-state index in [4.69, 9.17) is 5.73 Å². The second-order valence-electron chi connectivity index (χ2n) is 8.06. The number of nitrogens with two attached hydrogens (primary N) is 1. The zero-order valence-electron chi connectivity index (χ0n) is 16.4. The number of rotatable bonds is 6. The normalized spacial score (nSPS) is 23.0. The molecule has 4 atom stereocenters. The number of nitriles is 1. The molecule has 2 amide bonds. The zero-order chi connectivity index (χ0) is 21.3. The molecule has 1 saturated heterocycles. The van der Waals surface area contributed by atoms with Crippen LogP contribution in [0.4, 0.5) is 4.39 Å². The second kappa shape index (κ2) is 8.25. The number of nitrogens with zero attached hydrogens (tertiary/aromatic N) is 1. The Kier molecular flexibility index (Phi) is 5.51. The first-order valence-corrected chi connectivity index (χ1v) is 10.1. The Bertz CT molecular complexity index is 1030. The van der Waals surface area contributed by atoms with E-state index in [-0.39, 0.29) is 18.4 Å². The molecule has 1 aliphatic heterocycles. The van der Waals surface area contributed by atoms with Crippen LogP contribution in [0.15, 0.2) is 42.5 Å². The highest BCUT2D eigenvalue weighted by Gasteiger charge is 2.43. The van der Waals surface area contributed by atoms with Gasteiger partial charge in [-0.25, -0.2) is 4.39 Å². The van der Waals surface area contributed by atoms with E-state index in [2.05, 4.69) is 16.7 Å². The monoisotopic (exact) mass is 406 g/mol. The van der Waals surface area contributed by atoms with Crippen LogP contribution in [-0.4, -0.2) is 29.9 Å². The molecule has 7 heteroatoms. The van der Waals surface area contributed by atoms with E-state index in [1.165, 1.54) is 6.07 Å². The number of benzene rings is 2. The Balaban J connectivity index is 1.45. The third-order valence-electron chi connectivity index (χ3n) is 6.07. The van der Waals surface area contributed by atoms with Gasteiger partial charge in [-0.1, -0.05) is 24.3 Å². The van der Waals surface area contributed by atoms with Crippen molar-refractivity contribution < 1.29 is 14.0 Å². The number of amides is 2. The molecule has 4 unspecified atom stereocenters. The molecule has 0 spiro atoms. The number of piperidine rings is 1. The van der Waals surface area contributed by atoms with E-state index in [1.54, 1.807) is 36.4 Å². The molecule has 154 valence electrons. The van der Waals surface area contributed by atoms with Crippen molar-refractivity contribution in [2.75, 3.05) is 0 Å². The van der Waals surface area contributed by atoms with Gasteiger partial charge in [0.1, 0.15) is 11.9 Å². The summed E-state index contributed by atoms with van der Waals surface area (Å²) in [7, 11) is 0. The molecule has 0 radical (unpaired) electrons. The molecular formula is C23H23FN4O2. The van der Waals surface area contributed by atoms with Gasteiger partial charge in [-0.15, -0.1) is 0 Å². The van der Waals surface area contributed by atoms with Gasteiger partial charge in [0, 0.05) is 18.0 Å². The molecule has 0 aromatic heterocycles. The van der Waals surface area contributed by atoms with Crippen LogP contribution in [0.1, 0.15) is 35.2 Å². The number of carbonyl (C=O) groups excluding carboxylic acids is 2. The predicted octanol–water partition coefficient (Wildman–Crippen LogP) is 2.28. The van der Waals surface area contributed by atoms with Crippen molar-refractivity contribution in [3.8, 4) is 17.2 Å². The second-order valence-corrected chi connectivity index (χ2v) is 8.06. The van der Waals surface area contributed by atoms with Crippen molar-refractivity contribution in [1.29, 1.82) is 5.26 Å². The highest BCUT2D eigenvalue weighted by atomic mass is 19.1. The average molecular weight is 406 g/mol. The maximum Gasteiger partial charge on any atom is 0.248 e. The summed E-state index contributed by atoms with van der Waals surface area (Å²) in [6.45, 7) is 0. The molecule has 2 aromatic rings. The van der Waals surface area contributed by atoms with E-state index in [9.17, 15) is 19.2 Å². The van der Waals surface area contributed by atoms with Crippen LogP contribution < -0.4 is 16.4 Å². The molecule has 2 fully saturated rings. The summed E-state index contributed by atoms with van der Waals surface area (Å²) >= 11 is 0. The predicted molar refractivity (Wildman–Crippen MR) is 110 cm³/mol. The number of carbonyl (C=O) groups is 2. The summed E-state index contributed by atoms with van der Waals surface area (Å²) in [5.74, 6) is -0.883. The quantitative estimate of drug-likeness (QED) is 0.684. The summed E-state index contributed by atoms with van der Waals surface area (Å²) in [6.07, 6.45) is 3.20. The Labute approximate surface area is 174 Å². The molecule has 30 heavy (non-hydrogen) atoms. The summed E-state index contributed by atoms with van der Waals surface area (Å²) in [5, 5.41) is 15.5. The summed E-state index contributed by atoms with van der Waals surface area (Å²) in [4.78, 5) is 23.9. The van der Waals surface area contributed by atoms with Crippen molar-refractivity contribution in [3.05, 3.63) is 59.4 Å². The molecule has 1 saturated carbocycles. The highest BCUT2D eigenvalue weighted by Crippen LogP contribution is 2.35. The number of primary amides is 1. The minimum absolute atomic E-state index is 0.0799. The summed E-state index contributed by atoms with van der Waals surface area (Å²) in [5.41, 5.74) is 7.27. The Morgan fingerprint density at radius 1 is 1.23 bits per heavy atom. The van der Waals surface area contributed by atoms with Gasteiger partial charge in [0.25, 0.3) is 0 Å². The van der Waals surface area contributed by atoms with Gasteiger partial charge in [0.15, 0.2) is 0 Å². The maximum atomic E-state index is 14.7. The summed E-state index contributed by atoms with van der Waals surface area (Å²) in [6, 6.07) is 12.7. The Morgan fingerprint density at radius 3 is 2.67 bits per heavy atom. The first-order valence-electron chi connectivity index (χ1n) is 10.1. The Hall–Kier alpha value is -3.24. The van der Waals surface area contributed by atoms with Crippen LogP contribution in [-0.2, 0) is 11.2 Å². The topological polar surface area (TPSA) is 108 Å². The SMILES string of the molecule is N#CC(Cc1ccc(-c2cccc(C(N)=O)c2)cc1F)NC(=O)C1NC2CCC1C2. The lowest BCUT2D eigenvalue weighted by Crippen LogP contribution is -2.50. The molecule has 1 heterocycles. The Morgan fingerprint density at radius 2 is 2.03 bits per heavy atom. The van der Waals surface area contributed by atoms with Crippen LogP contribution in [0.5, 0.6) is 0 Å². The number of nitrogens with one attached hydrogen (secondary N) is 2. The van der Waals surface area contributed by atoms with Gasteiger partial charge < -0.3 is 16.4 Å². The first-order chi connectivity index (χ1) is 14.4. The minimum atomic E-state index is -0.808. The van der Waals surface area contributed by atoms with E-state index in [1.807, 2.05) is 0 Å². The van der Waals surface area contributed by atoms with Crippen LogP contribution in [0.3, 0.4) is 0 Å². The van der Waals surface area contributed by atoms with Gasteiger partial charge in [0.2, 0.25) is 11.8 Å². The van der Waals surface area contributed by atoms with E-state index in [0.717, 1.165) is 19.3 Å².